The van der Waals surface area contributed by atoms with E-state index < -0.39 is 43.6 Å². The summed E-state index contributed by atoms with van der Waals surface area (Å²) in [4.78, 5) is 11.7. The highest BCUT2D eigenvalue weighted by Crippen LogP contribution is 2.25. The van der Waals surface area contributed by atoms with Crippen LogP contribution in [0.2, 0.25) is 0 Å². The second-order valence-corrected chi connectivity index (χ2v) is 5.26. The molecule has 1 heterocycles. The maximum Gasteiger partial charge on any atom is 0.422 e. The molecule has 1 unspecified atom stereocenters. The van der Waals surface area contributed by atoms with Crippen LogP contribution in [0.5, 0.6) is 5.75 Å². The van der Waals surface area contributed by atoms with Crippen LogP contribution < -0.4 is 15.4 Å². The topological polar surface area (TPSA) is 50.4 Å². The van der Waals surface area contributed by atoms with Crippen LogP contribution >= 0.6 is 12.4 Å². The van der Waals surface area contributed by atoms with Gasteiger partial charge in [-0.1, -0.05) is 12.1 Å². The van der Waals surface area contributed by atoms with Crippen LogP contribution in [0.1, 0.15) is 12.0 Å². The predicted octanol–water partition coefficient (Wildman–Crippen LogP) is 2.66. The molecule has 10 heteroatoms. The number of ether oxygens (including phenoxy) is 1. The zero-order valence-corrected chi connectivity index (χ0v) is 13.1. The molecule has 1 aromatic rings. The van der Waals surface area contributed by atoms with Crippen molar-refractivity contribution in [2.45, 2.75) is 31.1 Å². The van der Waals surface area contributed by atoms with Crippen molar-refractivity contribution < 1.29 is 31.5 Å². The monoisotopic (exact) mass is 374 g/mol. The van der Waals surface area contributed by atoms with Gasteiger partial charge in [0.15, 0.2) is 6.61 Å². The zero-order chi connectivity index (χ0) is 17.1. The molecule has 136 valence electrons. The first-order valence-corrected chi connectivity index (χ1v) is 6.82. The van der Waals surface area contributed by atoms with E-state index >= 15 is 0 Å². The highest BCUT2D eigenvalue weighted by molar-refractivity contribution is 5.85. The van der Waals surface area contributed by atoms with Gasteiger partial charge in [0.25, 0.3) is 5.92 Å². The van der Waals surface area contributed by atoms with Crippen LogP contribution in [0.15, 0.2) is 24.3 Å². The molecule has 1 saturated heterocycles. The van der Waals surface area contributed by atoms with E-state index in [-0.39, 0.29) is 24.7 Å². The lowest BCUT2D eigenvalue weighted by molar-refractivity contribution is -0.153. The molecule has 0 bridgehead atoms. The second kappa shape index (κ2) is 7.98. The van der Waals surface area contributed by atoms with Gasteiger partial charge in [-0.3, -0.25) is 10.1 Å². The summed E-state index contributed by atoms with van der Waals surface area (Å²) >= 11 is 0. The molecule has 1 aromatic carbocycles. The van der Waals surface area contributed by atoms with Gasteiger partial charge in [0, 0.05) is 13.0 Å². The lowest BCUT2D eigenvalue weighted by Crippen LogP contribution is -2.40. The van der Waals surface area contributed by atoms with Gasteiger partial charge in [0.1, 0.15) is 5.75 Å². The first kappa shape index (κ1) is 20.4. The molecule has 0 saturated carbocycles. The summed E-state index contributed by atoms with van der Waals surface area (Å²) < 4.78 is 66.5. The summed E-state index contributed by atoms with van der Waals surface area (Å²) in [5.41, 5.74) is 0.613. The van der Waals surface area contributed by atoms with Gasteiger partial charge in [0.2, 0.25) is 5.91 Å². The van der Waals surface area contributed by atoms with E-state index in [1.807, 2.05) is 0 Å². The average Bonchev–Trinajstić information content (AvgIpc) is 2.83. The Hall–Kier alpha value is -1.61. The van der Waals surface area contributed by atoms with Crippen molar-refractivity contribution in [1.82, 2.24) is 10.6 Å². The molecular weight excluding hydrogens is 359 g/mol. The molecule has 24 heavy (non-hydrogen) atoms. The molecule has 2 N–H and O–H groups in total. The third kappa shape index (κ3) is 6.48. The van der Waals surface area contributed by atoms with Crippen LogP contribution in [0.25, 0.3) is 0 Å². The Kier molecular flexibility index (Phi) is 6.79. The van der Waals surface area contributed by atoms with Crippen molar-refractivity contribution in [3.63, 3.8) is 0 Å². The third-order valence-electron chi connectivity index (χ3n) is 3.22. The Bertz CT molecular complexity index is 551. The number of hydrogen-bond donors (Lipinski definition) is 2. The Balaban J connectivity index is 0.00000288. The minimum atomic E-state index is -4.41. The molecule has 4 nitrogen and oxygen atoms in total. The van der Waals surface area contributed by atoms with Gasteiger partial charge in [-0.15, -0.1) is 12.4 Å². The predicted molar refractivity (Wildman–Crippen MR) is 78.4 cm³/mol. The normalized spacial score (nSPS) is 19.5. The maximum absolute atomic E-state index is 13.0. The van der Waals surface area contributed by atoms with Gasteiger partial charge in [-0.2, -0.15) is 13.2 Å². The maximum atomic E-state index is 13.0. The Morgan fingerprint density at radius 2 is 1.92 bits per heavy atom. The van der Waals surface area contributed by atoms with E-state index in [2.05, 4.69) is 15.4 Å². The lowest BCUT2D eigenvalue weighted by Gasteiger charge is -2.12. The summed E-state index contributed by atoms with van der Waals surface area (Å²) in [6.07, 6.45) is -4.97. The second-order valence-electron chi connectivity index (χ2n) is 5.26. The van der Waals surface area contributed by atoms with Crippen molar-refractivity contribution in [1.29, 1.82) is 0 Å². The average molecular weight is 375 g/mol. The van der Waals surface area contributed by atoms with Crippen LogP contribution in [0.3, 0.4) is 0 Å². The van der Waals surface area contributed by atoms with Crippen LogP contribution in [0, 0.1) is 0 Å². The van der Waals surface area contributed by atoms with Gasteiger partial charge in [0.05, 0.1) is 12.6 Å². The number of rotatable bonds is 5. The number of benzene rings is 1. The molecule has 1 atom stereocenters. The Morgan fingerprint density at radius 3 is 2.42 bits per heavy atom. The number of carbonyl (C=O) groups is 1. The van der Waals surface area contributed by atoms with Crippen LogP contribution in [-0.4, -0.2) is 37.2 Å². The molecule has 1 aliphatic rings. The number of hydrogen-bond acceptors (Lipinski definition) is 3. The van der Waals surface area contributed by atoms with Gasteiger partial charge in [-0.25, -0.2) is 8.78 Å². The van der Waals surface area contributed by atoms with E-state index in [0.717, 1.165) is 0 Å². The fraction of sp³-hybridized carbons (Fsp3) is 0.500. The Morgan fingerprint density at radius 1 is 1.29 bits per heavy atom. The fourth-order valence-electron chi connectivity index (χ4n) is 2.08. The summed E-state index contributed by atoms with van der Waals surface area (Å²) in [5, 5.41) is 4.93. The fourth-order valence-corrected chi connectivity index (χ4v) is 2.08. The number of nitrogens with one attached hydrogen (secondary N) is 2. The molecule has 2 rings (SSSR count). The van der Waals surface area contributed by atoms with E-state index in [1.165, 1.54) is 24.3 Å². The molecule has 0 aliphatic carbocycles. The quantitative estimate of drug-likeness (QED) is 0.779. The Labute approximate surface area is 141 Å². The van der Waals surface area contributed by atoms with E-state index in [4.69, 9.17) is 0 Å². The first-order chi connectivity index (χ1) is 10.6. The molecule has 1 amide bonds. The minimum absolute atomic E-state index is 0. The van der Waals surface area contributed by atoms with E-state index in [1.54, 1.807) is 0 Å². The standard InChI is InChI=1S/C14H15F5N2O2.ClH/c15-13(16)5-11(21-7-13)12(22)20-6-9-1-3-10(4-2-9)23-8-14(17,18)19;/h1-4,11,21H,5-8H2,(H,20,22);1H. The lowest BCUT2D eigenvalue weighted by atomic mass is 10.1. The first-order valence-electron chi connectivity index (χ1n) is 6.82. The van der Waals surface area contributed by atoms with Crippen molar-refractivity contribution in [3.05, 3.63) is 29.8 Å². The van der Waals surface area contributed by atoms with Gasteiger partial charge >= 0.3 is 6.18 Å². The number of amides is 1. The zero-order valence-electron chi connectivity index (χ0n) is 12.3. The molecular formula is C14H16ClF5N2O2. The van der Waals surface area contributed by atoms with E-state index in [9.17, 15) is 26.7 Å². The van der Waals surface area contributed by atoms with E-state index in [0.29, 0.717) is 5.56 Å². The minimum Gasteiger partial charge on any atom is -0.484 e. The summed E-state index contributed by atoms with van der Waals surface area (Å²) in [5.74, 6) is -3.38. The number of halogens is 6. The molecule has 1 aliphatic heterocycles. The van der Waals surface area contributed by atoms with Gasteiger partial charge < -0.3 is 10.1 Å². The largest absolute Gasteiger partial charge is 0.484 e. The molecule has 0 spiro atoms. The smallest absolute Gasteiger partial charge is 0.422 e. The number of alkyl halides is 5. The highest BCUT2D eigenvalue weighted by Gasteiger charge is 2.42. The van der Waals surface area contributed by atoms with Crippen LogP contribution in [0.4, 0.5) is 22.0 Å². The highest BCUT2D eigenvalue weighted by atomic mass is 35.5. The summed E-state index contributed by atoms with van der Waals surface area (Å²) in [7, 11) is 0. The van der Waals surface area contributed by atoms with Crippen molar-refractivity contribution in [2.24, 2.45) is 0 Å². The molecule has 0 aromatic heterocycles. The van der Waals surface area contributed by atoms with Crippen LogP contribution in [-0.2, 0) is 11.3 Å². The van der Waals surface area contributed by atoms with Crippen molar-refractivity contribution >= 4 is 18.3 Å². The van der Waals surface area contributed by atoms with Crippen molar-refractivity contribution in [2.75, 3.05) is 13.2 Å². The van der Waals surface area contributed by atoms with Gasteiger partial charge in [-0.05, 0) is 17.7 Å². The third-order valence-corrected chi connectivity index (χ3v) is 3.22. The summed E-state index contributed by atoms with van der Waals surface area (Å²) in [6, 6.07) is 4.72. The molecule has 0 radical (unpaired) electrons. The number of carbonyl (C=O) groups excluding carboxylic acids is 1. The molecule has 1 fully saturated rings. The van der Waals surface area contributed by atoms with Crippen molar-refractivity contribution in [3.8, 4) is 5.75 Å². The SMILES string of the molecule is Cl.O=C(NCc1ccc(OCC(F)(F)F)cc1)C1CC(F)(F)CN1. The summed E-state index contributed by atoms with van der Waals surface area (Å²) in [6.45, 7) is -1.83.